The molecule has 8 heteroatoms. The number of alkyl halides is 3. The van der Waals surface area contributed by atoms with Crippen molar-refractivity contribution < 1.29 is 13.2 Å². The molecular formula is C12H8ClF3N4. The topological polar surface area (TPSA) is 51.6 Å². The summed E-state index contributed by atoms with van der Waals surface area (Å²) in [5, 5.41) is 7.61. The molecule has 0 aliphatic heterocycles. The standard InChI is InChI=1S/C12H8ClF3N4/c13-11-8(7-1-9(7)12(14,15)16)2-10(19-20-11)6-3-17-5-18-4-6/h2-5,7,9H,1H2/t7-,9+/m1/s1. The highest BCUT2D eigenvalue weighted by molar-refractivity contribution is 6.30. The summed E-state index contributed by atoms with van der Waals surface area (Å²) in [5.74, 6) is -1.98. The molecule has 1 fully saturated rings. The number of hydrogen-bond donors (Lipinski definition) is 0. The molecule has 2 aromatic rings. The van der Waals surface area contributed by atoms with Crippen LogP contribution in [0.3, 0.4) is 0 Å². The number of aromatic nitrogens is 4. The van der Waals surface area contributed by atoms with Crippen LogP contribution in [0.25, 0.3) is 11.3 Å². The van der Waals surface area contributed by atoms with Crippen LogP contribution in [-0.2, 0) is 0 Å². The summed E-state index contributed by atoms with van der Waals surface area (Å²) in [6.07, 6.45) is 0.229. The molecule has 2 aromatic heterocycles. The Balaban J connectivity index is 1.94. The summed E-state index contributed by atoms with van der Waals surface area (Å²) < 4.78 is 37.9. The lowest BCUT2D eigenvalue weighted by Gasteiger charge is -2.07. The van der Waals surface area contributed by atoms with Gasteiger partial charge in [0.05, 0.1) is 11.6 Å². The van der Waals surface area contributed by atoms with E-state index in [0.717, 1.165) is 0 Å². The van der Waals surface area contributed by atoms with E-state index in [1.54, 1.807) is 0 Å². The Labute approximate surface area is 117 Å². The molecule has 1 aliphatic carbocycles. The van der Waals surface area contributed by atoms with Gasteiger partial charge in [-0.15, -0.1) is 10.2 Å². The highest BCUT2D eigenvalue weighted by Crippen LogP contribution is 2.57. The van der Waals surface area contributed by atoms with Gasteiger partial charge in [-0.25, -0.2) is 9.97 Å². The molecule has 0 unspecified atom stereocenters. The summed E-state index contributed by atoms with van der Waals surface area (Å²) in [6.45, 7) is 0. The summed E-state index contributed by atoms with van der Waals surface area (Å²) in [4.78, 5) is 7.67. The molecule has 2 atom stereocenters. The van der Waals surface area contributed by atoms with Crippen LogP contribution >= 0.6 is 11.6 Å². The molecule has 0 aromatic carbocycles. The normalized spacial score (nSPS) is 21.8. The molecule has 0 saturated heterocycles. The van der Waals surface area contributed by atoms with Crippen LogP contribution in [0.5, 0.6) is 0 Å². The van der Waals surface area contributed by atoms with Gasteiger partial charge in [-0.2, -0.15) is 13.2 Å². The van der Waals surface area contributed by atoms with E-state index in [4.69, 9.17) is 11.6 Å². The lowest BCUT2D eigenvalue weighted by molar-refractivity contribution is -0.148. The van der Waals surface area contributed by atoms with Gasteiger partial charge in [-0.05, 0) is 24.0 Å². The monoisotopic (exact) mass is 300 g/mol. The quantitative estimate of drug-likeness (QED) is 0.854. The van der Waals surface area contributed by atoms with Crippen molar-refractivity contribution in [1.29, 1.82) is 0 Å². The predicted molar refractivity (Wildman–Crippen MR) is 65.0 cm³/mol. The maximum atomic E-state index is 12.6. The maximum absolute atomic E-state index is 12.6. The molecule has 0 spiro atoms. The second-order valence-electron chi connectivity index (χ2n) is 4.59. The Hall–Kier alpha value is -1.76. The molecule has 1 saturated carbocycles. The van der Waals surface area contributed by atoms with Crippen LogP contribution in [0.4, 0.5) is 13.2 Å². The van der Waals surface area contributed by atoms with E-state index in [9.17, 15) is 13.2 Å². The van der Waals surface area contributed by atoms with Crippen molar-refractivity contribution in [3.8, 4) is 11.3 Å². The third-order valence-electron chi connectivity index (χ3n) is 3.24. The molecule has 0 bridgehead atoms. The number of hydrogen-bond acceptors (Lipinski definition) is 4. The van der Waals surface area contributed by atoms with E-state index in [1.165, 1.54) is 24.8 Å². The molecule has 0 radical (unpaired) electrons. The Morgan fingerprint density at radius 2 is 1.85 bits per heavy atom. The maximum Gasteiger partial charge on any atom is 0.392 e. The summed E-state index contributed by atoms with van der Waals surface area (Å²) in [7, 11) is 0. The van der Waals surface area contributed by atoms with Crippen molar-refractivity contribution in [3.05, 3.63) is 35.5 Å². The third-order valence-corrected chi connectivity index (χ3v) is 3.54. The summed E-state index contributed by atoms with van der Waals surface area (Å²) in [5.41, 5.74) is 1.38. The van der Waals surface area contributed by atoms with E-state index in [-0.39, 0.29) is 11.6 Å². The zero-order chi connectivity index (χ0) is 14.3. The predicted octanol–water partition coefficient (Wildman–Crippen LogP) is 3.25. The van der Waals surface area contributed by atoms with Gasteiger partial charge in [0.2, 0.25) is 0 Å². The Morgan fingerprint density at radius 3 is 2.45 bits per heavy atom. The SMILES string of the molecule is FC(F)(F)[C@H]1C[C@@H]1c1cc(-c2cncnc2)nnc1Cl. The minimum absolute atomic E-state index is 0.0161. The van der Waals surface area contributed by atoms with Crippen molar-refractivity contribution in [3.63, 3.8) is 0 Å². The zero-order valence-corrected chi connectivity index (χ0v) is 10.7. The lowest BCUT2D eigenvalue weighted by atomic mass is 10.1. The molecule has 0 N–H and O–H groups in total. The van der Waals surface area contributed by atoms with Crippen LogP contribution in [-0.4, -0.2) is 26.3 Å². The summed E-state index contributed by atoms with van der Waals surface area (Å²) >= 11 is 5.86. The van der Waals surface area contributed by atoms with Crippen molar-refractivity contribution in [2.24, 2.45) is 5.92 Å². The second kappa shape index (κ2) is 4.66. The van der Waals surface area contributed by atoms with Crippen molar-refractivity contribution in [2.45, 2.75) is 18.5 Å². The van der Waals surface area contributed by atoms with E-state index < -0.39 is 18.0 Å². The highest BCUT2D eigenvalue weighted by Gasteiger charge is 2.56. The Kier molecular flexibility index (Phi) is 3.08. The van der Waals surface area contributed by atoms with Crippen LogP contribution in [0, 0.1) is 5.92 Å². The third kappa shape index (κ3) is 2.45. The van der Waals surface area contributed by atoms with Gasteiger partial charge in [0.25, 0.3) is 0 Å². The van der Waals surface area contributed by atoms with E-state index in [0.29, 0.717) is 16.8 Å². The minimum atomic E-state index is -4.20. The fourth-order valence-corrected chi connectivity index (χ4v) is 2.36. The largest absolute Gasteiger partial charge is 0.392 e. The fraction of sp³-hybridized carbons (Fsp3) is 0.333. The Morgan fingerprint density at radius 1 is 1.15 bits per heavy atom. The van der Waals surface area contributed by atoms with Crippen LogP contribution in [0.15, 0.2) is 24.8 Å². The van der Waals surface area contributed by atoms with Gasteiger partial charge in [0.1, 0.15) is 6.33 Å². The number of rotatable bonds is 2. The first-order chi connectivity index (χ1) is 9.47. The smallest absolute Gasteiger partial charge is 0.244 e. The van der Waals surface area contributed by atoms with Crippen molar-refractivity contribution >= 4 is 11.6 Å². The molecule has 3 rings (SSSR count). The second-order valence-corrected chi connectivity index (χ2v) is 4.95. The lowest BCUT2D eigenvalue weighted by Crippen LogP contribution is -2.11. The highest BCUT2D eigenvalue weighted by atomic mass is 35.5. The molecule has 104 valence electrons. The molecule has 4 nitrogen and oxygen atoms in total. The van der Waals surface area contributed by atoms with Gasteiger partial charge in [-0.3, -0.25) is 0 Å². The van der Waals surface area contributed by atoms with Crippen LogP contribution in [0.2, 0.25) is 5.15 Å². The number of halogens is 4. The Bertz CT molecular complexity index is 632. The van der Waals surface area contributed by atoms with E-state index in [1.807, 2.05) is 0 Å². The minimum Gasteiger partial charge on any atom is -0.244 e. The molecule has 0 amide bonds. The van der Waals surface area contributed by atoms with Crippen LogP contribution in [0.1, 0.15) is 17.9 Å². The molecular weight excluding hydrogens is 293 g/mol. The first-order valence-corrected chi connectivity index (χ1v) is 6.20. The first-order valence-electron chi connectivity index (χ1n) is 5.82. The fourth-order valence-electron chi connectivity index (χ4n) is 2.12. The van der Waals surface area contributed by atoms with Gasteiger partial charge in [0.15, 0.2) is 5.15 Å². The molecule has 1 aliphatic rings. The average Bonchev–Trinajstić information content (AvgIpc) is 3.20. The van der Waals surface area contributed by atoms with Gasteiger partial charge in [0, 0.05) is 18.0 Å². The van der Waals surface area contributed by atoms with Crippen molar-refractivity contribution in [2.75, 3.05) is 0 Å². The summed E-state index contributed by atoms with van der Waals surface area (Å²) in [6, 6.07) is 1.53. The van der Waals surface area contributed by atoms with Gasteiger partial charge >= 0.3 is 6.18 Å². The first kappa shape index (κ1) is 13.2. The van der Waals surface area contributed by atoms with E-state index in [2.05, 4.69) is 20.2 Å². The average molecular weight is 301 g/mol. The molecule has 20 heavy (non-hydrogen) atoms. The van der Waals surface area contributed by atoms with Crippen LogP contribution < -0.4 is 0 Å². The van der Waals surface area contributed by atoms with Gasteiger partial charge in [-0.1, -0.05) is 11.6 Å². The molecule has 2 heterocycles. The van der Waals surface area contributed by atoms with Crippen molar-refractivity contribution in [1.82, 2.24) is 20.2 Å². The van der Waals surface area contributed by atoms with E-state index >= 15 is 0 Å². The number of nitrogens with zero attached hydrogens (tertiary/aromatic N) is 4. The van der Waals surface area contributed by atoms with Gasteiger partial charge < -0.3 is 0 Å². The zero-order valence-electron chi connectivity index (χ0n) is 9.97.